The second-order valence-corrected chi connectivity index (χ2v) is 8.73. The Bertz CT molecular complexity index is 1110. The van der Waals surface area contributed by atoms with Gasteiger partial charge in [0.15, 0.2) is 5.75 Å². The summed E-state index contributed by atoms with van der Waals surface area (Å²) >= 11 is 1.56. The first kappa shape index (κ1) is 20.3. The first-order valence-electron chi connectivity index (χ1n) is 9.65. The molecule has 0 bridgehead atoms. The van der Waals surface area contributed by atoms with Crippen molar-refractivity contribution in [3.05, 3.63) is 54.8 Å². The predicted molar refractivity (Wildman–Crippen MR) is 114 cm³/mol. The Hall–Kier alpha value is -2.41. The zero-order chi connectivity index (χ0) is 20.4. The van der Waals surface area contributed by atoms with Crippen LogP contribution in [0, 0.1) is 19.8 Å². The Kier molecular flexibility index (Phi) is 6.03. The Morgan fingerprint density at radius 2 is 2.04 bits per heavy atom. The van der Waals surface area contributed by atoms with E-state index in [1.54, 1.807) is 22.1 Å². The third-order valence-corrected chi connectivity index (χ3v) is 5.78. The fourth-order valence-electron chi connectivity index (χ4n) is 3.08. The minimum absolute atomic E-state index is 0.0451. The first-order chi connectivity index (χ1) is 13.3. The summed E-state index contributed by atoms with van der Waals surface area (Å²) in [7, 11) is 0. The number of nitrogens with one attached hydrogen (secondary N) is 1. The van der Waals surface area contributed by atoms with Crippen LogP contribution in [0.1, 0.15) is 49.2 Å². The number of aromatic nitrogens is 3. The van der Waals surface area contributed by atoms with Gasteiger partial charge in [0.1, 0.15) is 10.7 Å². The second-order valence-electron chi connectivity index (χ2n) is 7.52. The van der Waals surface area contributed by atoms with Gasteiger partial charge in [0, 0.05) is 29.3 Å². The van der Waals surface area contributed by atoms with Crippen LogP contribution in [0.3, 0.4) is 0 Å². The Balaban J connectivity index is 2.01. The molecule has 0 atom stereocenters. The molecule has 3 aromatic rings. The van der Waals surface area contributed by atoms with E-state index in [9.17, 15) is 9.59 Å². The second kappa shape index (κ2) is 8.31. The van der Waals surface area contributed by atoms with Crippen LogP contribution < -0.4 is 15.7 Å². The van der Waals surface area contributed by atoms with Gasteiger partial charge in [0.25, 0.3) is 5.56 Å². The maximum atomic E-state index is 13.2. The number of rotatable bonds is 7. The van der Waals surface area contributed by atoms with Crippen LogP contribution in [0.2, 0.25) is 0 Å². The molecule has 0 radical (unpaired) electrons. The number of H-pyrrole nitrogens is 1. The fourth-order valence-corrected chi connectivity index (χ4v) is 4.12. The van der Waals surface area contributed by atoms with Gasteiger partial charge in [-0.05, 0) is 31.7 Å². The minimum atomic E-state index is -0.184. The number of hydrogen-bond donors (Lipinski definition) is 1. The molecule has 0 aliphatic heterocycles. The van der Waals surface area contributed by atoms with Gasteiger partial charge in [-0.2, -0.15) is 0 Å². The molecule has 0 unspecified atom stereocenters. The van der Waals surface area contributed by atoms with E-state index in [1.807, 2.05) is 27.7 Å². The van der Waals surface area contributed by atoms with Gasteiger partial charge in [-0.15, -0.1) is 11.3 Å². The third-order valence-electron chi connectivity index (χ3n) is 4.68. The van der Waals surface area contributed by atoms with Crippen molar-refractivity contribution in [3.63, 3.8) is 0 Å². The number of pyridine rings is 1. The standard InChI is InChI=1S/C21H27N3O3S/c1-6-7-18-23-20-19(13(4)14(5)28-20)21(26)24(18)10-15-8-16(25)17(9-22-15)27-11-12(2)3/h8-9,12H,6-7,10-11H2,1-5H3,(H,22,25). The van der Waals surface area contributed by atoms with Gasteiger partial charge >= 0.3 is 0 Å². The summed E-state index contributed by atoms with van der Waals surface area (Å²) in [5, 5.41) is 0.682. The molecule has 3 aromatic heterocycles. The van der Waals surface area contributed by atoms with E-state index in [-0.39, 0.29) is 17.5 Å². The molecular formula is C21H27N3O3S. The average molecular weight is 402 g/mol. The summed E-state index contributed by atoms with van der Waals surface area (Å²) in [6.07, 6.45) is 3.18. The predicted octanol–water partition coefficient (Wildman–Crippen LogP) is 3.80. The van der Waals surface area contributed by atoms with E-state index >= 15 is 0 Å². The van der Waals surface area contributed by atoms with Crippen molar-refractivity contribution in [1.29, 1.82) is 0 Å². The lowest BCUT2D eigenvalue weighted by Gasteiger charge is -2.13. The summed E-state index contributed by atoms with van der Waals surface area (Å²) < 4.78 is 7.23. The molecule has 3 heterocycles. The smallest absolute Gasteiger partial charge is 0.262 e. The normalized spacial score (nSPS) is 11.5. The lowest BCUT2D eigenvalue weighted by molar-refractivity contribution is 0.267. The zero-order valence-electron chi connectivity index (χ0n) is 17.1. The number of ether oxygens (including phenoxy) is 1. The molecule has 28 heavy (non-hydrogen) atoms. The maximum absolute atomic E-state index is 13.2. The number of aryl methyl sites for hydroxylation is 3. The molecule has 6 nitrogen and oxygen atoms in total. The molecule has 3 rings (SSSR count). The van der Waals surface area contributed by atoms with E-state index in [0.717, 1.165) is 27.5 Å². The molecule has 7 heteroatoms. The Morgan fingerprint density at radius 1 is 1.29 bits per heavy atom. The maximum Gasteiger partial charge on any atom is 0.262 e. The molecule has 0 amide bonds. The van der Waals surface area contributed by atoms with Crippen LogP contribution in [0.25, 0.3) is 10.2 Å². The average Bonchev–Trinajstić information content (AvgIpc) is 2.91. The topological polar surface area (TPSA) is 77.0 Å². The monoisotopic (exact) mass is 401 g/mol. The Labute approximate surface area is 168 Å². The quantitative estimate of drug-likeness (QED) is 0.653. The van der Waals surface area contributed by atoms with Crippen molar-refractivity contribution in [2.75, 3.05) is 6.61 Å². The molecule has 0 spiro atoms. The van der Waals surface area contributed by atoms with Crippen LogP contribution in [0.4, 0.5) is 0 Å². The molecule has 0 aromatic carbocycles. The van der Waals surface area contributed by atoms with E-state index < -0.39 is 0 Å². The number of thiophene rings is 1. The van der Waals surface area contributed by atoms with Gasteiger partial charge in [0.2, 0.25) is 5.43 Å². The molecule has 0 fully saturated rings. The number of hydrogen-bond acceptors (Lipinski definition) is 5. The highest BCUT2D eigenvalue weighted by Crippen LogP contribution is 2.26. The highest BCUT2D eigenvalue weighted by molar-refractivity contribution is 7.18. The highest BCUT2D eigenvalue weighted by atomic mass is 32.1. The lowest BCUT2D eigenvalue weighted by Crippen LogP contribution is -2.27. The Morgan fingerprint density at radius 3 is 2.68 bits per heavy atom. The molecule has 0 saturated heterocycles. The van der Waals surface area contributed by atoms with Crippen LogP contribution in [-0.2, 0) is 13.0 Å². The van der Waals surface area contributed by atoms with Crippen LogP contribution in [0.5, 0.6) is 5.75 Å². The number of aromatic amines is 1. The van der Waals surface area contributed by atoms with Crippen molar-refractivity contribution >= 4 is 21.6 Å². The van der Waals surface area contributed by atoms with E-state index in [2.05, 4.69) is 11.9 Å². The summed E-state index contributed by atoms with van der Waals surface area (Å²) in [4.78, 5) is 35.3. The van der Waals surface area contributed by atoms with Gasteiger partial charge in [-0.1, -0.05) is 20.8 Å². The van der Waals surface area contributed by atoms with Crippen LogP contribution >= 0.6 is 11.3 Å². The van der Waals surface area contributed by atoms with E-state index in [4.69, 9.17) is 9.72 Å². The highest BCUT2D eigenvalue weighted by Gasteiger charge is 2.17. The van der Waals surface area contributed by atoms with Gasteiger partial charge in [-0.3, -0.25) is 14.2 Å². The van der Waals surface area contributed by atoms with E-state index in [1.165, 1.54) is 6.07 Å². The largest absolute Gasteiger partial charge is 0.488 e. The van der Waals surface area contributed by atoms with Crippen molar-refractivity contribution in [2.45, 2.75) is 54.0 Å². The van der Waals surface area contributed by atoms with Crippen LogP contribution in [0.15, 0.2) is 21.9 Å². The summed E-state index contributed by atoms with van der Waals surface area (Å²) in [6, 6.07) is 1.51. The fraction of sp³-hybridized carbons (Fsp3) is 0.476. The lowest BCUT2D eigenvalue weighted by atomic mass is 10.2. The third kappa shape index (κ3) is 4.04. The van der Waals surface area contributed by atoms with E-state index in [0.29, 0.717) is 35.8 Å². The molecular weight excluding hydrogens is 374 g/mol. The number of fused-ring (bicyclic) bond motifs is 1. The molecule has 0 saturated carbocycles. The first-order valence-corrected chi connectivity index (χ1v) is 10.5. The summed E-state index contributed by atoms with van der Waals surface area (Å²) in [6.45, 7) is 10.9. The van der Waals surface area contributed by atoms with Gasteiger partial charge in [-0.25, -0.2) is 4.98 Å². The van der Waals surface area contributed by atoms with Crippen molar-refractivity contribution in [1.82, 2.24) is 14.5 Å². The van der Waals surface area contributed by atoms with Crippen molar-refractivity contribution in [2.24, 2.45) is 5.92 Å². The number of nitrogens with zero attached hydrogens (tertiary/aromatic N) is 2. The minimum Gasteiger partial charge on any atom is -0.488 e. The summed E-state index contributed by atoms with van der Waals surface area (Å²) in [5.74, 6) is 1.39. The molecule has 0 aliphatic carbocycles. The van der Waals surface area contributed by atoms with Gasteiger partial charge < -0.3 is 9.72 Å². The van der Waals surface area contributed by atoms with Crippen LogP contribution in [-0.4, -0.2) is 21.1 Å². The zero-order valence-corrected chi connectivity index (χ0v) is 17.9. The molecule has 150 valence electrons. The van der Waals surface area contributed by atoms with Crippen molar-refractivity contribution in [3.8, 4) is 5.75 Å². The van der Waals surface area contributed by atoms with Gasteiger partial charge in [0.05, 0.1) is 18.5 Å². The summed E-state index contributed by atoms with van der Waals surface area (Å²) in [5.41, 5.74) is 1.42. The SMILES string of the molecule is CCCc1nc2sc(C)c(C)c2c(=O)n1Cc1cc(=O)c(OCC(C)C)c[nH]1. The van der Waals surface area contributed by atoms with Crippen molar-refractivity contribution < 1.29 is 4.74 Å². The molecule has 1 N–H and O–H groups in total. The molecule has 0 aliphatic rings.